The van der Waals surface area contributed by atoms with Gasteiger partial charge < -0.3 is 19.4 Å². The minimum Gasteiger partial charge on any atom is -0.493 e. The molecule has 5 heteroatoms. The summed E-state index contributed by atoms with van der Waals surface area (Å²) in [5, 5.41) is 0.607. The third kappa shape index (κ3) is 2.57. The SMILES string of the molecule is COc1cc(Cl)cc(C(c2ccc[nH]2)c2ccc[nH]2)c1OC. The minimum atomic E-state index is -0.0486. The highest BCUT2D eigenvalue weighted by molar-refractivity contribution is 6.30. The molecule has 0 amide bonds. The van der Waals surface area contributed by atoms with E-state index < -0.39 is 0 Å². The maximum absolute atomic E-state index is 6.27. The number of methoxy groups -OCH3 is 2. The average molecular weight is 317 g/mol. The molecule has 0 bridgehead atoms. The molecule has 0 spiro atoms. The Labute approximate surface area is 134 Å². The maximum Gasteiger partial charge on any atom is 0.165 e. The van der Waals surface area contributed by atoms with E-state index >= 15 is 0 Å². The van der Waals surface area contributed by atoms with E-state index in [0.717, 1.165) is 17.0 Å². The number of aromatic amines is 2. The highest BCUT2D eigenvalue weighted by Gasteiger charge is 2.25. The Kier molecular flexibility index (Phi) is 4.11. The Morgan fingerprint density at radius 3 is 2.05 bits per heavy atom. The van der Waals surface area contributed by atoms with Crippen molar-refractivity contribution in [3.05, 3.63) is 70.8 Å². The van der Waals surface area contributed by atoms with Crippen LogP contribution in [0.3, 0.4) is 0 Å². The van der Waals surface area contributed by atoms with Gasteiger partial charge in [0.25, 0.3) is 0 Å². The lowest BCUT2D eigenvalue weighted by Crippen LogP contribution is -2.07. The maximum atomic E-state index is 6.27. The van der Waals surface area contributed by atoms with Crippen LogP contribution in [-0.2, 0) is 0 Å². The van der Waals surface area contributed by atoms with Crippen LogP contribution in [0.5, 0.6) is 11.5 Å². The van der Waals surface area contributed by atoms with E-state index in [1.165, 1.54) is 0 Å². The highest BCUT2D eigenvalue weighted by atomic mass is 35.5. The van der Waals surface area contributed by atoms with Gasteiger partial charge in [0.05, 0.1) is 20.1 Å². The van der Waals surface area contributed by atoms with E-state index in [4.69, 9.17) is 21.1 Å². The van der Waals surface area contributed by atoms with Gasteiger partial charge in [0.15, 0.2) is 11.5 Å². The molecule has 2 heterocycles. The van der Waals surface area contributed by atoms with E-state index in [1.807, 2.05) is 42.7 Å². The molecule has 3 aromatic rings. The summed E-state index contributed by atoms with van der Waals surface area (Å²) in [5.41, 5.74) is 3.03. The van der Waals surface area contributed by atoms with Gasteiger partial charge in [0.2, 0.25) is 0 Å². The number of ether oxygens (including phenoxy) is 2. The minimum absolute atomic E-state index is 0.0486. The van der Waals surface area contributed by atoms with Crippen LogP contribution >= 0.6 is 11.6 Å². The molecular formula is C17H17ClN2O2. The predicted molar refractivity (Wildman–Crippen MR) is 87.1 cm³/mol. The second-order valence-electron chi connectivity index (χ2n) is 4.91. The number of benzene rings is 1. The fraction of sp³-hybridized carbons (Fsp3) is 0.176. The van der Waals surface area contributed by atoms with Crippen LogP contribution in [0.1, 0.15) is 22.9 Å². The molecule has 0 radical (unpaired) electrons. The summed E-state index contributed by atoms with van der Waals surface area (Å²) in [4.78, 5) is 6.55. The lowest BCUT2D eigenvalue weighted by Gasteiger charge is -2.20. The van der Waals surface area contributed by atoms with Gasteiger partial charge in [-0.15, -0.1) is 0 Å². The summed E-state index contributed by atoms with van der Waals surface area (Å²) < 4.78 is 11.0. The van der Waals surface area contributed by atoms with Crippen LogP contribution in [0.2, 0.25) is 5.02 Å². The van der Waals surface area contributed by atoms with Crippen molar-refractivity contribution in [2.45, 2.75) is 5.92 Å². The average Bonchev–Trinajstić information content (AvgIpc) is 3.21. The predicted octanol–water partition coefficient (Wildman–Crippen LogP) is 4.19. The zero-order valence-electron chi connectivity index (χ0n) is 12.4. The molecular weight excluding hydrogens is 300 g/mol. The summed E-state index contributed by atoms with van der Waals surface area (Å²) in [6.07, 6.45) is 3.80. The van der Waals surface area contributed by atoms with Crippen molar-refractivity contribution in [1.29, 1.82) is 0 Å². The second-order valence-corrected chi connectivity index (χ2v) is 5.35. The van der Waals surface area contributed by atoms with Gasteiger partial charge >= 0.3 is 0 Å². The third-order valence-electron chi connectivity index (χ3n) is 3.65. The summed E-state index contributed by atoms with van der Waals surface area (Å²) >= 11 is 6.27. The van der Waals surface area contributed by atoms with Gasteiger partial charge in [-0.05, 0) is 30.3 Å². The van der Waals surface area contributed by atoms with E-state index in [-0.39, 0.29) is 5.92 Å². The summed E-state index contributed by atoms with van der Waals surface area (Å²) in [6, 6.07) is 11.7. The first kappa shape index (κ1) is 14.6. The zero-order valence-corrected chi connectivity index (χ0v) is 13.1. The molecule has 0 atom stereocenters. The van der Waals surface area contributed by atoms with E-state index in [0.29, 0.717) is 16.5 Å². The molecule has 0 unspecified atom stereocenters. The fourth-order valence-electron chi connectivity index (χ4n) is 2.72. The Hall–Kier alpha value is -2.33. The quantitative estimate of drug-likeness (QED) is 0.741. The van der Waals surface area contributed by atoms with Crippen molar-refractivity contribution >= 4 is 11.6 Å². The molecule has 0 aliphatic rings. The molecule has 22 heavy (non-hydrogen) atoms. The Morgan fingerprint density at radius 1 is 0.955 bits per heavy atom. The molecule has 0 saturated heterocycles. The summed E-state index contributed by atoms with van der Waals surface area (Å²) in [5.74, 6) is 1.25. The van der Waals surface area contributed by atoms with Gasteiger partial charge in [0.1, 0.15) is 0 Å². The third-order valence-corrected chi connectivity index (χ3v) is 3.87. The van der Waals surface area contributed by atoms with Crippen molar-refractivity contribution in [3.8, 4) is 11.5 Å². The molecule has 0 saturated carbocycles. The number of aromatic nitrogens is 2. The van der Waals surface area contributed by atoms with Gasteiger partial charge in [-0.3, -0.25) is 0 Å². The first-order valence-electron chi connectivity index (χ1n) is 6.92. The van der Waals surface area contributed by atoms with Crippen molar-refractivity contribution < 1.29 is 9.47 Å². The van der Waals surface area contributed by atoms with E-state index in [2.05, 4.69) is 9.97 Å². The van der Waals surface area contributed by atoms with Crippen LogP contribution in [0.25, 0.3) is 0 Å². The summed E-state index contributed by atoms with van der Waals surface area (Å²) in [7, 11) is 3.24. The largest absolute Gasteiger partial charge is 0.493 e. The van der Waals surface area contributed by atoms with Crippen LogP contribution in [0.15, 0.2) is 48.8 Å². The number of hydrogen-bond donors (Lipinski definition) is 2. The van der Waals surface area contributed by atoms with Gasteiger partial charge in [-0.25, -0.2) is 0 Å². The van der Waals surface area contributed by atoms with Crippen molar-refractivity contribution in [2.24, 2.45) is 0 Å². The fourth-order valence-corrected chi connectivity index (χ4v) is 2.94. The molecule has 4 nitrogen and oxygen atoms in total. The zero-order chi connectivity index (χ0) is 15.5. The first-order valence-corrected chi connectivity index (χ1v) is 7.30. The van der Waals surface area contributed by atoms with Crippen molar-refractivity contribution in [1.82, 2.24) is 9.97 Å². The topological polar surface area (TPSA) is 50.0 Å². The van der Waals surface area contributed by atoms with Crippen LogP contribution < -0.4 is 9.47 Å². The normalized spacial score (nSPS) is 10.9. The second kappa shape index (κ2) is 6.20. The molecule has 0 fully saturated rings. The monoisotopic (exact) mass is 316 g/mol. The summed E-state index contributed by atoms with van der Waals surface area (Å²) in [6.45, 7) is 0. The standard InChI is InChI=1S/C17H17ClN2O2/c1-21-15-10-11(18)9-12(17(15)22-2)16(13-5-3-7-19-13)14-6-4-8-20-14/h3-10,16,19-20H,1-2H3. The van der Waals surface area contributed by atoms with E-state index in [9.17, 15) is 0 Å². The van der Waals surface area contributed by atoms with Crippen molar-refractivity contribution in [3.63, 3.8) is 0 Å². The smallest absolute Gasteiger partial charge is 0.165 e. The van der Waals surface area contributed by atoms with Gasteiger partial charge in [-0.1, -0.05) is 11.6 Å². The van der Waals surface area contributed by atoms with Crippen LogP contribution in [0.4, 0.5) is 0 Å². The van der Waals surface area contributed by atoms with Crippen molar-refractivity contribution in [2.75, 3.05) is 14.2 Å². The molecule has 3 rings (SSSR count). The highest BCUT2D eigenvalue weighted by Crippen LogP contribution is 2.42. The number of halogens is 1. The molecule has 1 aromatic carbocycles. The lowest BCUT2D eigenvalue weighted by atomic mass is 9.91. The Morgan fingerprint density at radius 2 is 1.59 bits per heavy atom. The van der Waals surface area contributed by atoms with Crippen LogP contribution in [0, 0.1) is 0 Å². The molecule has 0 aliphatic heterocycles. The molecule has 0 aliphatic carbocycles. The van der Waals surface area contributed by atoms with Gasteiger partial charge in [0, 0.05) is 40.4 Å². The van der Waals surface area contributed by atoms with Crippen LogP contribution in [-0.4, -0.2) is 24.2 Å². The van der Waals surface area contributed by atoms with Gasteiger partial charge in [-0.2, -0.15) is 0 Å². The Bertz CT molecular complexity index is 702. The number of rotatable bonds is 5. The number of H-pyrrole nitrogens is 2. The molecule has 2 N–H and O–H groups in total. The lowest BCUT2D eigenvalue weighted by molar-refractivity contribution is 0.351. The van der Waals surface area contributed by atoms with E-state index in [1.54, 1.807) is 20.3 Å². The first-order chi connectivity index (χ1) is 10.7. The number of nitrogens with one attached hydrogen (secondary N) is 2. The number of hydrogen-bond acceptors (Lipinski definition) is 2. The molecule has 114 valence electrons. The molecule has 2 aromatic heterocycles. The Balaban J connectivity index is 2.23.